The molecule has 96 valence electrons. The molecule has 0 radical (unpaired) electrons. The Hall–Kier alpha value is -1.01. The molecule has 0 aliphatic rings. The second-order valence-corrected chi connectivity index (χ2v) is 5.11. The van der Waals surface area contributed by atoms with E-state index in [4.69, 9.17) is 17.4 Å². The highest BCUT2D eigenvalue weighted by atomic mass is 35.5. The molecule has 2 rings (SSSR count). The Kier molecular flexibility index (Phi) is 4.29. The Bertz CT molecular complexity index is 524. The highest BCUT2D eigenvalue weighted by Gasteiger charge is 2.19. The van der Waals surface area contributed by atoms with E-state index in [1.807, 2.05) is 0 Å². The zero-order valence-corrected chi connectivity index (χ0v) is 10.9. The van der Waals surface area contributed by atoms with Gasteiger partial charge in [0.15, 0.2) is 0 Å². The molecule has 18 heavy (non-hydrogen) atoms. The first-order chi connectivity index (χ1) is 8.63. The molecule has 1 aromatic heterocycles. The molecule has 0 saturated carbocycles. The predicted molar refractivity (Wildman–Crippen MR) is 69.5 cm³/mol. The average Bonchev–Trinajstić information content (AvgIpc) is 2.76. The molecule has 1 aromatic carbocycles. The van der Waals surface area contributed by atoms with Gasteiger partial charge >= 0.3 is 0 Å². The lowest BCUT2D eigenvalue weighted by atomic mass is 10.0. The summed E-state index contributed by atoms with van der Waals surface area (Å²) in [5.74, 6) is 4.27. The SMILES string of the molecule is NNC(Cc1c(F)cccc1F)c1sccc1Cl. The van der Waals surface area contributed by atoms with Gasteiger partial charge in [0.25, 0.3) is 0 Å². The minimum atomic E-state index is -0.581. The summed E-state index contributed by atoms with van der Waals surface area (Å²) in [4.78, 5) is 0.766. The quantitative estimate of drug-likeness (QED) is 0.668. The number of hydrogen-bond acceptors (Lipinski definition) is 3. The van der Waals surface area contributed by atoms with E-state index in [9.17, 15) is 8.78 Å². The monoisotopic (exact) mass is 288 g/mol. The molecule has 1 heterocycles. The van der Waals surface area contributed by atoms with E-state index in [1.54, 1.807) is 11.4 Å². The Morgan fingerprint density at radius 2 is 1.94 bits per heavy atom. The van der Waals surface area contributed by atoms with Crippen LogP contribution in [0.3, 0.4) is 0 Å². The van der Waals surface area contributed by atoms with Crippen molar-refractivity contribution in [1.82, 2.24) is 5.43 Å². The molecule has 0 spiro atoms. The van der Waals surface area contributed by atoms with Crippen LogP contribution in [0.25, 0.3) is 0 Å². The summed E-state index contributed by atoms with van der Waals surface area (Å²) in [5, 5.41) is 2.35. The van der Waals surface area contributed by atoms with E-state index in [-0.39, 0.29) is 12.0 Å². The molecule has 0 fully saturated rings. The van der Waals surface area contributed by atoms with Crippen LogP contribution in [-0.2, 0) is 6.42 Å². The summed E-state index contributed by atoms with van der Waals surface area (Å²) in [7, 11) is 0. The van der Waals surface area contributed by atoms with Crippen LogP contribution in [0.2, 0.25) is 5.02 Å². The fourth-order valence-corrected chi connectivity index (χ4v) is 2.96. The van der Waals surface area contributed by atoms with E-state index in [1.165, 1.54) is 29.5 Å². The lowest BCUT2D eigenvalue weighted by Crippen LogP contribution is -2.29. The number of benzene rings is 1. The van der Waals surface area contributed by atoms with Gasteiger partial charge in [-0.3, -0.25) is 11.3 Å². The maximum absolute atomic E-state index is 13.6. The van der Waals surface area contributed by atoms with Gasteiger partial charge in [0.2, 0.25) is 0 Å². The summed E-state index contributed by atoms with van der Waals surface area (Å²) in [5.41, 5.74) is 2.55. The summed E-state index contributed by atoms with van der Waals surface area (Å²) in [6, 6.07) is 5.09. The highest BCUT2D eigenvalue weighted by molar-refractivity contribution is 7.10. The smallest absolute Gasteiger partial charge is 0.129 e. The third-order valence-electron chi connectivity index (χ3n) is 2.63. The fourth-order valence-electron chi connectivity index (χ4n) is 1.71. The zero-order valence-electron chi connectivity index (χ0n) is 9.29. The van der Waals surface area contributed by atoms with Crippen molar-refractivity contribution in [3.63, 3.8) is 0 Å². The van der Waals surface area contributed by atoms with Crippen molar-refractivity contribution in [2.24, 2.45) is 5.84 Å². The van der Waals surface area contributed by atoms with Crippen LogP contribution in [-0.4, -0.2) is 0 Å². The Labute approximate surface area is 112 Å². The average molecular weight is 289 g/mol. The number of hydrogen-bond donors (Lipinski definition) is 2. The lowest BCUT2D eigenvalue weighted by Gasteiger charge is -2.16. The van der Waals surface area contributed by atoms with Crippen molar-refractivity contribution >= 4 is 22.9 Å². The molecular weight excluding hydrogens is 278 g/mol. The van der Waals surface area contributed by atoms with Crippen LogP contribution in [0.15, 0.2) is 29.6 Å². The molecule has 0 bridgehead atoms. The minimum absolute atomic E-state index is 0.00455. The first-order valence-electron chi connectivity index (χ1n) is 5.25. The van der Waals surface area contributed by atoms with Gasteiger partial charge in [-0.2, -0.15) is 0 Å². The summed E-state index contributed by atoms with van der Waals surface area (Å²) >= 11 is 7.38. The van der Waals surface area contributed by atoms with Gasteiger partial charge in [0.1, 0.15) is 11.6 Å². The van der Waals surface area contributed by atoms with Gasteiger partial charge in [0.05, 0.1) is 11.1 Å². The van der Waals surface area contributed by atoms with Crippen LogP contribution < -0.4 is 11.3 Å². The first kappa shape index (κ1) is 13.4. The minimum Gasteiger partial charge on any atom is -0.271 e. The van der Waals surface area contributed by atoms with Gasteiger partial charge < -0.3 is 0 Å². The molecule has 0 saturated heterocycles. The van der Waals surface area contributed by atoms with Gasteiger partial charge in [-0.15, -0.1) is 11.3 Å². The van der Waals surface area contributed by atoms with Crippen molar-refractivity contribution < 1.29 is 8.78 Å². The van der Waals surface area contributed by atoms with Crippen LogP contribution >= 0.6 is 22.9 Å². The predicted octanol–water partition coefficient (Wildman–Crippen LogP) is 3.43. The van der Waals surface area contributed by atoms with E-state index < -0.39 is 17.7 Å². The third kappa shape index (κ3) is 2.70. The number of nitrogens with two attached hydrogens (primary N) is 1. The van der Waals surface area contributed by atoms with Crippen molar-refractivity contribution in [2.75, 3.05) is 0 Å². The van der Waals surface area contributed by atoms with Gasteiger partial charge in [-0.1, -0.05) is 17.7 Å². The summed E-state index contributed by atoms with van der Waals surface area (Å²) < 4.78 is 27.1. The third-order valence-corrected chi connectivity index (χ3v) is 4.10. The standard InChI is InChI=1S/C12H11ClF2N2S/c13-8-4-5-18-12(8)11(17-16)6-7-9(14)2-1-3-10(7)15/h1-5,11,17H,6,16H2. The summed E-state index contributed by atoms with van der Waals surface area (Å²) in [6.07, 6.45) is 0.106. The molecule has 2 nitrogen and oxygen atoms in total. The van der Waals surface area contributed by atoms with E-state index in [2.05, 4.69) is 5.43 Å². The zero-order chi connectivity index (χ0) is 13.1. The number of thiophene rings is 1. The van der Waals surface area contributed by atoms with Crippen LogP contribution in [0.4, 0.5) is 8.78 Å². The fraction of sp³-hybridized carbons (Fsp3) is 0.167. The van der Waals surface area contributed by atoms with Crippen LogP contribution in [0.5, 0.6) is 0 Å². The maximum atomic E-state index is 13.6. The lowest BCUT2D eigenvalue weighted by molar-refractivity contribution is 0.504. The van der Waals surface area contributed by atoms with E-state index >= 15 is 0 Å². The molecule has 1 atom stereocenters. The highest BCUT2D eigenvalue weighted by Crippen LogP contribution is 2.31. The number of halogens is 3. The van der Waals surface area contributed by atoms with Crippen molar-refractivity contribution in [3.05, 3.63) is 56.7 Å². The molecule has 0 aliphatic carbocycles. The van der Waals surface area contributed by atoms with Gasteiger partial charge in [0, 0.05) is 10.4 Å². The number of nitrogens with one attached hydrogen (secondary N) is 1. The van der Waals surface area contributed by atoms with E-state index in [0.29, 0.717) is 5.02 Å². The van der Waals surface area contributed by atoms with Crippen molar-refractivity contribution in [1.29, 1.82) is 0 Å². The molecule has 2 aromatic rings. The van der Waals surface area contributed by atoms with Gasteiger partial charge in [-0.25, -0.2) is 8.78 Å². The largest absolute Gasteiger partial charge is 0.271 e. The number of rotatable bonds is 4. The van der Waals surface area contributed by atoms with Crippen molar-refractivity contribution in [3.8, 4) is 0 Å². The van der Waals surface area contributed by atoms with Crippen LogP contribution in [0, 0.1) is 11.6 Å². The normalized spacial score (nSPS) is 12.7. The van der Waals surface area contributed by atoms with Crippen LogP contribution in [0.1, 0.15) is 16.5 Å². The van der Waals surface area contributed by atoms with E-state index in [0.717, 1.165) is 4.88 Å². The Morgan fingerprint density at radius 3 is 2.44 bits per heavy atom. The van der Waals surface area contributed by atoms with Crippen molar-refractivity contribution in [2.45, 2.75) is 12.5 Å². The molecule has 3 N–H and O–H groups in total. The molecule has 0 amide bonds. The first-order valence-corrected chi connectivity index (χ1v) is 6.51. The molecule has 0 aliphatic heterocycles. The second-order valence-electron chi connectivity index (χ2n) is 3.76. The second kappa shape index (κ2) is 5.75. The Balaban J connectivity index is 2.29. The maximum Gasteiger partial charge on any atom is 0.129 e. The molecular formula is C12H11ClF2N2S. The molecule has 6 heteroatoms. The Morgan fingerprint density at radius 1 is 1.28 bits per heavy atom. The number of hydrazine groups is 1. The summed E-state index contributed by atoms with van der Waals surface area (Å²) in [6.45, 7) is 0. The molecule has 1 unspecified atom stereocenters. The topological polar surface area (TPSA) is 38.0 Å². The van der Waals surface area contributed by atoms with Gasteiger partial charge in [-0.05, 0) is 30.0 Å².